The monoisotopic (exact) mass is 325 g/mol. The molecule has 22 heavy (non-hydrogen) atoms. The first-order chi connectivity index (χ1) is 10.4. The van der Waals surface area contributed by atoms with Crippen LogP contribution in [0.5, 0.6) is 0 Å². The molecule has 0 N–H and O–H groups in total. The Hall–Kier alpha value is -1.80. The Kier molecular flexibility index (Phi) is 3.73. The van der Waals surface area contributed by atoms with Crippen molar-refractivity contribution in [3.63, 3.8) is 0 Å². The topological polar surface area (TPSA) is 76.3 Å². The van der Waals surface area contributed by atoms with Gasteiger partial charge in [0.2, 0.25) is 15.9 Å². The van der Waals surface area contributed by atoms with Gasteiger partial charge in [-0.15, -0.1) is 0 Å². The summed E-state index contributed by atoms with van der Waals surface area (Å²) < 4.78 is 45.7. The molecule has 0 aliphatic carbocycles. The van der Waals surface area contributed by atoms with Crippen molar-refractivity contribution in [2.75, 3.05) is 13.1 Å². The zero-order valence-electron chi connectivity index (χ0n) is 12.3. The molecule has 1 aromatic carbocycles. The van der Waals surface area contributed by atoms with Crippen LogP contribution < -0.4 is 0 Å². The van der Waals surface area contributed by atoms with Gasteiger partial charge in [0.25, 0.3) is 0 Å². The summed E-state index contributed by atoms with van der Waals surface area (Å²) in [6, 6.07) is 4.25. The molecule has 3 rings (SSSR count). The molecule has 6 nitrogen and oxygen atoms in total. The maximum absolute atomic E-state index is 14.0. The van der Waals surface area contributed by atoms with E-state index in [-0.39, 0.29) is 17.4 Å². The van der Waals surface area contributed by atoms with E-state index in [0.717, 1.165) is 6.07 Å². The van der Waals surface area contributed by atoms with Gasteiger partial charge in [0, 0.05) is 13.1 Å². The molecule has 0 amide bonds. The van der Waals surface area contributed by atoms with E-state index in [1.54, 1.807) is 19.9 Å². The number of halogens is 1. The summed E-state index contributed by atoms with van der Waals surface area (Å²) >= 11 is 0. The molecule has 8 heteroatoms. The third-order valence-corrected chi connectivity index (χ3v) is 5.85. The van der Waals surface area contributed by atoms with Crippen molar-refractivity contribution in [2.24, 2.45) is 0 Å². The predicted octanol–water partition coefficient (Wildman–Crippen LogP) is 2.00. The molecule has 1 aliphatic rings. The van der Waals surface area contributed by atoms with Gasteiger partial charge in [-0.3, -0.25) is 0 Å². The zero-order chi connectivity index (χ0) is 15.9. The van der Waals surface area contributed by atoms with Gasteiger partial charge in [0.05, 0.1) is 5.92 Å². The molecule has 1 aliphatic heterocycles. The minimum atomic E-state index is -3.87. The number of hydrogen-bond acceptors (Lipinski definition) is 5. The largest absolute Gasteiger partial charge is 0.339 e. The van der Waals surface area contributed by atoms with Crippen LogP contribution in [0.25, 0.3) is 0 Å². The predicted molar refractivity (Wildman–Crippen MR) is 76.3 cm³/mol. The van der Waals surface area contributed by atoms with Crippen molar-refractivity contribution in [3.8, 4) is 0 Å². The van der Waals surface area contributed by atoms with Crippen molar-refractivity contribution in [3.05, 3.63) is 41.3 Å². The second-order valence-corrected chi connectivity index (χ2v) is 7.29. The fourth-order valence-corrected chi connectivity index (χ4v) is 4.47. The lowest BCUT2D eigenvalue weighted by Gasteiger charge is -2.18. The second-order valence-electron chi connectivity index (χ2n) is 5.41. The van der Waals surface area contributed by atoms with E-state index in [4.69, 9.17) is 4.52 Å². The lowest BCUT2D eigenvalue weighted by Crippen LogP contribution is -2.30. The number of benzene rings is 1. The van der Waals surface area contributed by atoms with Crippen molar-refractivity contribution in [1.82, 2.24) is 14.4 Å². The van der Waals surface area contributed by atoms with E-state index in [1.165, 1.54) is 10.4 Å². The van der Waals surface area contributed by atoms with Crippen LogP contribution in [-0.2, 0) is 10.0 Å². The Morgan fingerprint density at radius 3 is 2.77 bits per heavy atom. The quantitative estimate of drug-likeness (QED) is 0.863. The first-order valence-corrected chi connectivity index (χ1v) is 8.39. The van der Waals surface area contributed by atoms with E-state index in [2.05, 4.69) is 10.1 Å². The molecule has 0 bridgehead atoms. The minimum absolute atomic E-state index is 0.150. The van der Waals surface area contributed by atoms with E-state index >= 15 is 0 Å². The number of sulfonamides is 1. The Morgan fingerprint density at radius 2 is 2.14 bits per heavy atom. The van der Waals surface area contributed by atoms with Crippen molar-refractivity contribution in [1.29, 1.82) is 0 Å². The Bertz CT molecular complexity index is 783. The maximum Gasteiger partial charge on any atom is 0.246 e. The molecule has 0 spiro atoms. The van der Waals surface area contributed by atoms with Crippen LogP contribution in [-0.4, -0.2) is 36.0 Å². The normalized spacial score (nSPS) is 19.7. The molecular weight excluding hydrogens is 309 g/mol. The highest BCUT2D eigenvalue weighted by molar-refractivity contribution is 7.89. The second kappa shape index (κ2) is 5.44. The summed E-state index contributed by atoms with van der Waals surface area (Å²) in [5.74, 6) is 0.0712. The molecule has 1 aromatic heterocycles. The van der Waals surface area contributed by atoms with Gasteiger partial charge in [0.1, 0.15) is 10.7 Å². The average Bonchev–Trinajstić information content (AvgIpc) is 3.06. The van der Waals surface area contributed by atoms with Gasteiger partial charge < -0.3 is 4.52 Å². The van der Waals surface area contributed by atoms with Gasteiger partial charge in [-0.1, -0.05) is 17.3 Å². The summed E-state index contributed by atoms with van der Waals surface area (Å²) in [6.07, 6.45) is 0.578. The molecule has 0 radical (unpaired) electrons. The SMILES string of the molecule is Cc1noc([C@@H]2CCN(S(=O)(=O)c3c(C)cccc3F)C2)n1. The highest BCUT2D eigenvalue weighted by Gasteiger charge is 2.37. The molecule has 1 atom stereocenters. The average molecular weight is 325 g/mol. The molecular formula is C14H16FN3O3S. The van der Waals surface area contributed by atoms with Crippen molar-refractivity contribution < 1.29 is 17.3 Å². The Balaban J connectivity index is 1.89. The molecule has 0 saturated carbocycles. The van der Waals surface area contributed by atoms with Crippen LogP contribution in [0.4, 0.5) is 4.39 Å². The van der Waals surface area contributed by atoms with Gasteiger partial charge in [-0.25, -0.2) is 12.8 Å². The van der Waals surface area contributed by atoms with Gasteiger partial charge in [0.15, 0.2) is 5.82 Å². The van der Waals surface area contributed by atoms with Gasteiger partial charge in [-0.05, 0) is 31.9 Å². The smallest absolute Gasteiger partial charge is 0.246 e. The maximum atomic E-state index is 14.0. The summed E-state index contributed by atoms with van der Waals surface area (Å²) in [6.45, 7) is 3.82. The van der Waals surface area contributed by atoms with E-state index < -0.39 is 15.8 Å². The number of nitrogens with zero attached hydrogens (tertiary/aromatic N) is 3. The van der Waals surface area contributed by atoms with Gasteiger partial charge in [-0.2, -0.15) is 9.29 Å². The summed E-state index contributed by atoms with van der Waals surface area (Å²) in [5.41, 5.74) is 0.400. The first kappa shape index (κ1) is 15.1. The van der Waals surface area contributed by atoms with E-state index in [9.17, 15) is 12.8 Å². The van der Waals surface area contributed by atoms with Crippen LogP contribution in [0.2, 0.25) is 0 Å². The third-order valence-electron chi connectivity index (χ3n) is 3.81. The van der Waals surface area contributed by atoms with Crippen LogP contribution in [0.3, 0.4) is 0 Å². The number of aryl methyl sites for hydroxylation is 2. The van der Waals surface area contributed by atoms with Gasteiger partial charge >= 0.3 is 0 Å². The van der Waals surface area contributed by atoms with E-state index in [1.807, 2.05) is 0 Å². The molecule has 118 valence electrons. The zero-order valence-corrected chi connectivity index (χ0v) is 13.1. The number of aromatic nitrogens is 2. The molecule has 2 heterocycles. The highest BCUT2D eigenvalue weighted by atomic mass is 32.2. The summed E-state index contributed by atoms with van der Waals surface area (Å²) in [7, 11) is -3.87. The van der Waals surface area contributed by atoms with E-state index in [0.29, 0.717) is 30.2 Å². The molecule has 0 unspecified atom stereocenters. The van der Waals surface area contributed by atoms with Crippen LogP contribution in [0, 0.1) is 19.7 Å². The number of hydrogen-bond donors (Lipinski definition) is 0. The van der Waals surface area contributed by atoms with Crippen molar-refractivity contribution in [2.45, 2.75) is 31.1 Å². The molecule has 2 aromatic rings. The third kappa shape index (κ3) is 2.52. The molecule has 1 saturated heterocycles. The number of rotatable bonds is 3. The van der Waals surface area contributed by atoms with Crippen LogP contribution in [0.1, 0.15) is 29.6 Å². The lowest BCUT2D eigenvalue weighted by atomic mass is 10.1. The standard InChI is InChI=1S/C14H16FN3O3S/c1-9-4-3-5-12(15)13(9)22(19,20)18-7-6-11(8-18)14-16-10(2)17-21-14/h3-5,11H,6-8H2,1-2H3/t11-/m1/s1. The highest BCUT2D eigenvalue weighted by Crippen LogP contribution is 2.32. The fourth-order valence-electron chi connectivity index (χ4n) is 2.70. The molecule has 1 fully saturated rings. The Morgan fingerprint density at radius 1 is 1.36 bits per heavy atom. The minimum Gasteiger partial charge on any atom is -0.339 e. The van der Waals surface area contributed by atoms with Crippen molar-refractivity contribution >= 4 is 10.0 Å². The Labute approximate surface area is 128 Å². The van der Waals surface area contributed by atoms with Crippen LogP contribution >= 0.6 is 0 Å². The first-order valence-electron chi connectivity index (χ1n) is 6.95. The summed E-state index contributed by atoms with van der Waals surface area (Å²) in [5, 5.41) is 3.72. The fraction of sp³-hybridized carbons (Fsp3) is 0.429. The van der Waals surface area contributed by atoms with Crippen LogP contribution in [0.15, 0.2) is 27.6 Å². The summed E-state index contributed by atoms with van der Waals surface area (Å²) in [4.78, 5) is 3.89. The lowest BCUT2D eigenvalue weighted by molar-refractivity contribution is 0.351.